The predicted molar refractivity (Wildman–Crippen MR) is 100 cm³/mol. The molecule has 25 heavy (non-hydrogen) atoms. The minimum Gasteiger partial charge on any atom is -0.465 e. The highest BCUT2D eigenvalue weighted by Gasteiger charge is 2.46. The zero-order chi connectivity index (χ0) is 17.7. The quantitative estimate of drug-likeness (QED) is 0.574. The molecule has 0 amide bonds. The van der Waals surface area contributed by atoms with E-state index in [9.17, 15) is 9.59 Å². The maximum atomic E-state index is 12.6. The summed E-state index contributed by atoms with van der Waals surface area (Å²) in [7, 11) is 0. The maximum absolute atomic E-state index is 12.6. The molecule has 1 fully saturated rings. The number of fused-ring (bicyclic) bond motifs is 1. The number of hydrogen-bond donors (Lipinski definition) is 0. The molecule has 0 aromatic heterocycles. The Hall–Kier alpha value is -2.42. The minimum absolute atomic E-state index is 0.0276. The summed E-state index contributed by atoms with van der Waals surface area (Å²) in [5.74, 6) is -0.331. The molecule has 1 aliphatic rings. The molecular weight excluding hydrogens is 312 g/mol. The summed E-state index contributed by atoms with van der Waals surface area (Å²) in [5, 5.41) is 2.35. The van der Waals surface area contributed by atoms with Crippen LogP contribution in [0, 0.1) is 5.41 Å². The number of Topliss-reactive ketones (excluding diaryl/α,β-unsaturated/α-hetero) is 1. The summed E-state index contributed by atoms with van der Waals surface area (Å²) < 4.78 is 5.23. The smallest absolute Gasteiger partial charge is 0.319 e. The number of rotatable bonds is 5. The lowest BCUT2D eigenvalue weighted by Gasteiger charge is -2.32. The van der Waals surface area contributed by atoms with Crippen LogP contribution in [0.2, 0.25) is 0 Å². The SMILES string of the molecule is CCOC(=O)[C@@]1(C/C=C/c2cccc3ccccc23)CCCCC1=O. The van der Waals surface area contributed by atoms with E-state index in [2.05, 4.69) is 24.3 Å². The molecule has 3 rings (SSSR count). The van der Waals surface area contributed by atoms with Gasteiger partial charge in [-0.2, -0.15) is 0 Å². The second-order valence-electron chi connectivity index (χ2n) is 6.61. The Balaban J connectivity index is 1.86. The first-order valence-corrected chi connectivity index (χ1v) is 9.02. The lowest BCUT2D eigenvalue weighted by atomic mass is 9.70. The number of hydrogen-bond acceptors (Lipinski definition) is 3. The van der Waals surface area contributed by atoms with Gasteiger partial charge in [-0.1, -0.05) is 61.0 Å². The van der Waals surface area contributed by atoms with Crippen molar-refractivity contribution in [2.45, 2.75) is 39.0 Å². The average molecular weight is 336 g/mol. The molecule has 130 valence electrons. The van der Waals surface area contributed by atoms with E-state index in [1.165, 1.54) is 10.8 Å². The summed E-state index contributed by atoms with van der Waals surface area (Å²) in [6, 6.07) is 14.4. The number of ether oxygens (including phenoxy) is 1. The molecule has 2 aromatic carbocycles. The molecular formula is C22H24O3. The van der Waals surface area contributed by atoms with Gasteiger partial charge in [0, 0.05) is 6.42 Å². The van der Waals surface area contributed by atoms with Gasteiger partial charge in [-0.05, 0) is 42.5 Å². The molecule has 0 aliphatic heterocycles. The zero-order valence-electron chi connectivity index (χ0n) is 14.7. The third-order valence-corrected chi connectivity index (χ3v) is 5.04. The van der Waals surface area contributed by atoms with Crippen LogP contribution in [0.15, 0.2) is 48.5 Å². The molecule has 0 N–H and O–H groups in total. The van der Waals surface area contributed by atoms with Crippen molar-refractivity contribution in [2.24, 2.45) is 5.41 Å². The third-order valence-electron chi connectivity index (χ3n) is 5.04. The normalized spacial score (nSPS) is 20.9. The van der Waals surface area contributed by atoms with Crippen molar-refractivity contribution in [2.75, 3.05) is 6.61 Å². The van der Waals surface area contributed by atoms with Gasteiger partial charge in [0.15, 0.2) is 0 Å². The minimum atomic E-state index is -0.991. The molecule has 1 aliphatic carbocycles. The van der Waals surface area contributed by atoms with E-state index in [1.54, 1.807) is 6.92 Å². The van der Waals surface area contributed by atoms with Crippen molar-refractivity contribution < 1.29 is 14.3 Å². The Morgan fingerprint density at radius 2 is 1.96 bits per heavy atom. The molecule has 1 atom stereocenters. The highest BCUT2D eigenvalue weighted by Crippen LogP contribution is 2.38. The first kappa shape index (κ1) is 17.4. The second kappa shape index (κ2) is 7.64. The van der Waals surface area contributed by atoms with E-state index >= 15 is 0 Å². The van der Waals surface area contributed by atoms with Crippen LogP contribution in [-0.4, -0.2) is 18.4 Å². The van der Waals surface area contributed by atoms with Crippen LogP contribution in [0.1, 0.15) is 44.6 Å². The Morgan fingerprint density at radius 1 is 1.16 bits per heavy atom. The number of benzene rings is 2. The van der Waals surface area contributed by atoms with Gasteiger partial charge in [0.05, 0.1) is 6.61 Å². The van der Waals surface area contributed by atoms with E-state index in [0.29, 0.717) is 25.9 Å². The fourth-order valence-electron chi connectivity index (χ4n) is 3.66. The molecule has 3 nitrogen and oxygen atoms in total. The molecule has 3 heteroatoms. The Morgan fingerprint density at radius 3 is 2.76 bits per heavy atom. The van der Waals surface area contributed by atoms with E-state index in [0.717, 1.165) is 18.4 Å². The predicted octanol–water partition coefficient (Wildman–Crippen LogP) is 4.94. The fraction of sp³-hybridized carbons (Fsp3) is 0.364. The van der Waals surface area contributed by atoms with Gasteiger partial charge < -0.3 is 4.74 Å². The highest BCUT2D eigenvalue weighted by atomic mass is 16.5. The standard InChI is InChI=1S/C22H24O3/c1-2-25-21(24)22(15-6-5-14-20(22)23)16-8-12-18-11-7-10-17-9-3-4-13-19(17)18/h3-4,7-13H,2,5-6,14-16H2,1H3/b12-8+/t22-/m1/s1. The molecule has 2 aromatic rings. The van der Waals surface area contributed by atoms with Crippen molar-refractivity contribution in [3.63, 3.8) is 0 Å². The second-order valence-corrected chi connectivity index (χ2v) is 6.61. The summed E-state index contributed by atoms with van der Waals surface area (Å²) in [6.45, 7) is 2.09. The first-order valence-electron chi connectivity index (χ1n) is 9.02. The topological polar surface area (TPSA) is 43.4 Å². The molecule has 0 saturated heterocycles. The number of carbonyl (C=O) groups is 2. The third kappa shape index (κ3) is 3.51. The molecule has 0 unspecified atom stereocenters. The molecule has 0 radical (unpaired) electrons. The van der Waals surface area contributed by atoms with E-state index in [-0.39, 0.29) is 11.8 Å². The van der Waals surface area contributed by atoms with Crippen LogP contribution >= 0.6 is 0 Å². The van der Waals surface area contributed by atoms with Gasteiger partial charge in [0.2, 0.25) is 0 Å². The summed E-state index contributed by atoms with van der Waals surface area (Å²) in [6.07, 6.45) is 7.21. The van der Waals surface area contributed by atoms with Gasteiger partial charge >= 0.3 is 5.97 Å². The van der Waals surface area contributed by atoms with Crippen molar-refractivity contribution in [3.8, 4) is 0 Å². The number of carbonyl (C=O) groups excluding carboxylic acids is 2. The van der Waals surface area contributed by atoms with Gasteiger partial charge in [-0.25, -0.2) is 0 Å². The van der Waals surface area contributed by atoms with Crippen molar-refractivity contribution in [1.82, 2.24) is 0 Å². The molecule has 0 spiro atoms. The number of ketones is 1. The van der Waals surface area contributed by atoms with E-state index in [4.69, 9.17) is 4.74 Å². The van der Waals surface area contributed by atoms with Crippen LogP contribution in [-0.2, 0) is 14.3 Å². The van der Waals surface area contributed by atoms with Gasteiger partial charge in [0.25, 0.3) is 0 Å². The van der Waals surface area contributed by atoms with E-state index in [1.807, 2.05) is 30.4 Å². The monoisotopic (exact) mass is 336 g/mol. The summed E-state index contributed by atoms with van der Waals surface area (Å²) >= 11 is 0. The van der Waals surface area contributed by atoms with Gasteiger partial charge in [-0.15, -0.1) is 0 Å². The highest BCUT2D eigenvalue weighted by molar-refractivity contribution is 6.04. The molecule has 1 saturated carbocycles. The lowest BCUT2D eigenvalue weighted by molar-refractivity contribution is -0.162. The molecule has 0 bridgehead atoms. The van der Waals surface area contributed by atoms with Crippen LogP contribution in [0.3, 0.4) is 0 Å². The zero-order valence-corrected chi connectivity index (χ0v) is 14.7. The first-order chi connectivity index (χ1) is 12.2. The van der Waals surface area contributed by atoms with Gasteiger partial charge in [-0.3, -0.25) is 9.59 Å². The van der Waals surface area contributed by atoms with Crippen LogP contribution in [0.5, 0.6) is 0 Å². The average Bonchev–Trinajstić information content (AvgIpc) is 2.64. The van der Waals surface area contributed by atoms with Gasteiger partial charge in [0.1, 0.15) is 11.2 Å². The maximum Gasteiger partial charge on any atom is 0.319 e. The number of esters is 1. The van der Waals surface area contributed by atoms with Crippen molar-refractivity contribution >= 4 is 28.6 Å². The largest absolute Gasteiger partial charge is 0.465 e. The Kier molecular flexibility index (Phi) is 5.32. The summed E-state index contributed by atoms with van der Waals surface area (Å²) in [5.41, 5.74) is 0.107. The van der Waals surface area contributed by atoms with E-state index < -0.39 is 5.41 Å². The van der Waals surface area contributed by atoms with Crippen LogP contribution in [0.4, 0.5) is 0 Å². The van der Waals surface area contributed by atoms with Crippen LogP contribution < -0.4 is 0 Å². The molecule has 0 heterocycles. The Labute approximate surface area is 148 Å². The van der Waals surface area contributed by atoms with Crippen molar-refractivity contribution in [1.29, 1.82) is 0 Å². The van der Waals surface area contributed by atoms with Crippen LogP contribution in [0.25, 0.3) is 16.8 Å². The number of allylic oxidation sites excluding steroid dienone is 1. The fourth-order valence-corrected chi connectivity index (χ4v) is 3.66. The lowest BCUT2D eigenvalue weighted by Crippen LogP contribution is -2.42. The summed E-state index contributed by atoms with van der Waals surface area (Å²) in [4.78, 5) is 25.1. The Bertz CT molecular complexity index is 801. The van der Waals surface area contributed by atoms with Crippen molar-refractivity contribution in [3.05, 3.63) is 54.1 Å².